The summed E-state index contributed by atoms with van der Waals surface area (Å²) < 4.78 is 0. The molecule has 20 heavy (non-hydrogen) atoms. The number of amides is 2. The van der Waals surface area contributed by atoms with Gasteiger partial charge in [-0.1, -0.05) is 37.5 Å². The van der Waals surface area contributed by atoms with Crippen LogP contribution in [0.25, 0.3) is 0 Å². The number of carbonyl (C=O) groups excluding carboxylic acids is 2. The van der Waals surface area contributed by atoms with Crippen LogP contribution in [0.1, 0.15) is 38.5 Å². The maximum absolute atomic E-state index is 13.0. The molecule has 2 fully saturated rings. The lowest BCUT2D eigenvalue weighted by molar-refractivity contribution is -0.131. The predicted molar refractivity (Wildman–Crippen MR) is 77.4 cm³/mol. The van der Waals surface area contributed by atoms with Crippen LogP contribution in [0.5, 0.6) is 0 Å². The van der Waals surface area contributed by atoms with Crippen LogP contribution in [0.3, 0.4) is 0 Å². The Hall–Kier alpha value is -1.84. The van der Waals surface area contributed by atoms with Crippen molar-refractivity contribution < 1.29 is 9.59 Å². The van der Waals surface area contributed by atoms with Crippen LogP contribution in [-0.4, -0.2) is 23.9 Å². The fourth-order valence-corrected chi connectivity index (χ4v) is 3.30. The lowest BCUT2D eigenvalue weighted by atomic mass is 9.80. The van der Waals surface area contributed by atoms with E-state index in [4.69, 9.17) is 0 Å². The largest absolute Gasteiger partial charge is 0.342 e. The highest BCUT2D eigenvalue weighted by Gasteiger charge is 2.45. The first-order chi connectivity index (χ1) is 9.71. The Morgan fingerprint density at radius 3 is 2.40 bits per heavy atom. The molecule has 1 saturated heterocycles. The van der Waals surface area contributed by atoms with E-state index in [1.165, 1.54) is 0 Å². The lowest BCUT2D eigenvalue weighted by Gasteiger charge is -2.38. The summed E-state index contributed by atoms with van der Waals surface area (Å²) in [6.45, 7) is 0.469. The standard InChI is InChI=1S/C16H20N2O2/c19-14-9-12-18(13-7-3-1-4-8-13)15(20)16(17-14)10-5-2-6-11-16/h1,3-4,7-8H,2,5-6,9-12H2,(H,17,19). The molecule has 3 rings (SSSR count). The van der Waals surface area contributed by atoms with E-state index in [0.717, 1.165) is 37.8 Å². The van der Waals surface area contributed by atoms with E-state index in [1.807, 2.05) is 30.3 Å². The van der Waals surface area contributed by atoms with Gasteiger partial charge in [-0.25, -0.2) is 0 Å². The molecule has 1 spiro atoms. The number of rotatable bonds is 1. The van der Waals surface area contributed by atoms with Crippen molar-refractivity contribution in [3.05, 3.63) is 30.3 Å². The first kappa shape index (κ1) is 13.2. The molecule has 4 heteroatoms. The van der Waals surface area contributed by atoms with Crippen molar-refractivity contribution in [1.82, 2.24) is 5.32 Å². The van der Waals surface area contributed by atoms with Crippen molar-refractivity contribution in [2.24, 2.45) is 0 Å². The Morgan fingerprint density at radius 1 is 1.00 bits per heavy atom. The Bertz CT molecular complexity index is 506. The van der Waals surface area contributed by atoms with Crippen LogP contribution in [0, 0.1) is 0 Å². The first-order valence-electron chi connectivity index (χ1n) is 7.39. The number of nitrogens with zero attached hydrogens (tertiary/aromatic N) is 1. The van der Waals surface area contributed by atoms with Crippen molar-refractivity contribution in [2.75, 3.05) is 11.4 Å². The summed E-state index contributed by atoms with van der Waals surface area (Å²) in [5, 5.41) is 3.01. The molecule has 106 valence electrons. The lowest BCUT2D eigenvalue weighted by Crippen LogP contribution is -2.58. The second kappa shape index (κ2) is 5.27. The van der Waals surface area contributed by atoms with Crippen molar-refractivity contribution in [1.29, 1.82) is 0 Å². The smallest absolute Gasteiger partial charge is 0.252 e. The molecule has 2 aliphatic rings. The molecule has 4 nitrogen and oxygen atoms in total. The Labute approximate surface area is 119 Å². The molecular weight excluding hydrogens is 252 g/mol. The maximum atomic E-state index is 13.0. The molecular formula is C16H20N2O2. The number of benzene rings is 1. The SMILES string of the molecule is O=C1CCN(c2ccccc2)C(=O)C2(CCCCC2)N1. The highest BCUT2D eigenvalue weighted by molar-refractivity contribution is 6.04. The Kier molecular flexibility index (Phi) is 3.47. The Morgan fingerprint density at radius 2 is 1.70 bits per heavy atom. The summed E-state index contributed by atoms with van der Waals surface area (Å²) in [7, 11) is 0. The molecule has 0 aromatic heterocycles. The average molecular weight is 272 g/mol. The minimum Gasteiger partial charge on any atom is -0.342 e. The van der Waals surface area contributed by atoms with Crippen LogP contribution < -0.4 is 10.2 Å². The summed E-state index contributed by atoms with van der Waals surface area (Å²) in [6, 6.07) is 9.66. The highest BCUT2D eigenvalue weighted by Crippen LogP contribution is 2.33. The van der Waals surface area contributed by atoms with Crippen LogP contribution in [0.15, 0.2) is 30.3 Å². The van der Waals surface area contributed by atoms with Crippen LogP contribution in [0.4, 0.5) is 5.69 Å². The van der Waals surface area contributed by atoms with Crippen molar-refractivity contribution in [3.8, 4) is 0 Å². The fourth-order valence-electron chi connectivity index (χ4n) is 3.30. The zero-order valence-corrected chi connectivity index (χ0v) is 11.6. The third-order valence-corrected chi connectivity index (χ3v) is 4.37. The predicted octanol–water partition coefficient (Wildman–Crippen LogP) is 2.24. The number of hydrogen-bond donors (Lipinski definition) is 1. The number of hydrogen-bond acceptors (Lipinski definition) is 2. The molecule has 0 radical (unpaired) electrons. The second-order valence-corrected chi connectivity index (χ2v) is 5.73. The quantitative estimate of drug-likeness (QED) is 0.852. The van der Waals surface area contributed by atoms with Gasteiger partial charge in [0.05, 0.1) is 0 Å². The van der Waals surface area contributed by atoms with Gasteiger partial charge < -0.3 is 10.2 Å². The molecule has 1 aliphatic heterocycles. The maximum Gasteiger partial charge on any atom is 0.252 e. The summed E-state index contributed by atoms with van der Waals surface area (Å²) >= 11 is 0. The van der Waals surface area contributed by atoms with Crippen molar-refractivity contribution in [3.63, 3.8) is 0 Å². The summed E-state index contributed by atoms with van der Waals surface area (Å²) in [6.07, 6.45) is 5.07. The molecule has 0 atom stereocenters. The zero-order valence-electron chi connectivity index (χ0n) is 11.6. The highest BCUT2D eigenvalue weighted by atomic mass is 16.2. The topological polar surface area (TPSA) is 49.4 Å². The number of para-hydroxylation sites is 1. The van der Waals surface area contributed by atoms with Gasteiger partial charge in [0.1, 0.15) is 5.54 Å². The molecule has 1 heterocycles. The molecule has 1 saturated carbocycles. The molecule has 1 N–H and O–H groups in total. The average Bonchev–Trinajstić information content (AvgIpc) is 2.59. The summed E-state index contributed by atoms with van der Waals surface area (Å²) in [4.78, 5) is 26.7. The van der Waals surface area contributed by atoms with E-state index in [9.17, 15) is 9.59 Å². The van der Waals surface area contributed by atoms with Gasteiger partial charge >= 0.3 is 0 Å². The minimum absolute atomic E-state index is 0.00122. The number of carbonyl (C=O) groups is 2. The van der Waals surface area contributed by atoms with Crippen LogP contribution >= 0.6 is 0 Å². The molecule has 0 unspecified atom stereocenters. The van der Waals surface area contributed by atoms with Gasteiger partial charge in [0.25, 0.3) is 5.91 Å². The zero-order chi connectivity index (χ0) is 14.0. The van der Waals surface area contributed by atoms with E-state index in [0.29, 0.717) is 13.0 Å². The van der Waals surface area contributed by atoms with E-state index in [-0.39, 0.29) is 11.8 Å². The molecule has 1 aromatic carbocycles. The first-order valence-corrected chi connectivity index (χ1v) is 7.39. The molecule has 1 aromatic rings. The van der Waals surface area contributed by atoms with E-state index >= 15 is 0 Å². The molecule has 1 aliphatic carbocycles. The summed E-state index contributed by atoms with van der Waals surface area (Å²) in [5.41, 5.74) is 0.223. The van der Waals surface area contributed by atoms with Gasteiger partial charge in [-0.2, -0.15) is 0 Å². The van der Waals surface area contributed by atoms with E-state index < -0.39 is 5.54 Å². The van der Waals surface area contributed by atoms with Gasteiger partial charge in [-0.15, -0.1) is 0 Å². The monoisotopic (exact) mass is 272 g/mol. The van der Waals surface area contributed by atoms with Gasteiger partial charge in [0.2, 0.25) is 5.91 Å². The Balaban J connectivity index is 1.95. The van der Waals surface area contributed by atoms with E-state index in [2.05, 4.69) is 5.32 Å². The third kappa shape index (κ3) is 2.30. The van der Waals surface area contributed by atoms with Gasteiger partial charge in [-0.05, 0) is 25.0 Å². The van der Waals surface area contributed by atoms with Gasteiger partial charge in [0, 0.05) is 18.7 Å². The van der Waals surface area contributed by atoms with Crippen LogP contribution in [-0.2, 0) is 9.59 Å². The van der Waals surface area contributed by atoms with Gasteiger partial charge in [0.15, 0.2) is 0 Å². The summed E-state index contributed by atoms with van der Waals surface area (Å²) in [5.74, 6) is 0.0629. The van der Waals surface area contributed by atoms with Crippen molar-refractivity contribution in [2.45, 2.75) is 44.1 Å². The third-order valence-electron chi connectivity index (χ3n) is 4.37. The fraction of sp³-hybridized carbons (Fsp3) is 0.500. The second-order valence-electron chi connectivity index (χ2n) is 5.73. The minimum atomic E-state index is -0.665. The van der Waals surface area contributed by atoms with Crippen LogP contribution in [0.2, 0.25) is 0 Å². The normalized spacial score (nSPS) is 22.5. The van der Waals surface area contributed by atoms with Crippen molar-refractivity contribution >= 4 is 17.5 Å². The number of nitrogens with one attached hydrogen (secondary N) is 1. The number of anilines is 1. The molecule has 2 amide bonds. The van der Waals surface area contributed by atoms with Gasteiger partial charge in [-0.3, -0.25) is 9.59 Å². The van der Waals surface area contributed by atoms with E-state index in [1.54, 1.807) is 4.90 Å². The molecule has 0 bridgehead atoms.